The lowest BCUT2D eigenvalue weighted by Gasteiger charge is -2.24. The number of carbonyl (C=O) groups excluding carboxylic acids is 2. The van der Waals surface area contributed by atoms with E-state index in [-0.39, 0.29) is 25.2 Å². The monoisotopic (exact) mass is 436 g/mol. The van der Waals surface area contributed by atoms with Crippen LogP contribution in [0.4, 0.5) is 0 Å². The molecular weight excluding hydrogens is 400 g/mol. The summed E-state index contributed by atoms with van der Waals surface area (Å²) in [6, 6.07) is 0. The van der Waals surface area contributed by atoms with Gasteiger partial charge in [-0.15, -0.1) is 0 Å². The molecule has 8 nitrogen and oxygen atoms in total. The summed E-state index contributed by atoms with van der Waals surface area (Å²) in [5, 5.41) is 0. The highest BCUT2D eigenvalue weighted by atomic mass is 32.2. The summed E-state index contributed by atoms with van der Waals surface area (Å²) < 4.78 is 44.3. The standard InChI is InChI=1S/C20H36O8S/c1-7-20(5,18(22)26-6)12-10-16(2)9-8-11-19(3,4)17(21)28-14-13-27-15-29(23,24)25/h10H,7-9,11-15H2,1-6H3,(H,23,24,25). The summed E-state index contributed by atoms with van der Waals surface area (Å²) in [6.45, 7) is 9.24. The molecule has 0 saturated carbocycles. The molecule has 0 spiro atoms. The minimum atomic E-state index is -4.19. The van der Waals surface area contributed by atoms with Crippen molar-refractivity contribution in [3.63, 3.8) is 0 Å². The molecule has 29 heavy (non-hydrogen) atoms. The van der Waals surface area contributed by atoms with Gasteiger partial charge < -0.3 is 14.2 Å². The van der Waals surface area contributed by atoms with Crippen molar-refractivity contribution >= 4 is 22.1 Å². The molecule has 170 valence electrons. The van der Waals surface area contributed by atoms with Crippen molar-refractivity contribution < 1.29 is 36.8 Å². The van der Waals surface area contributed by atoms with Crippen LogP contribution in [-0.2, 0) is 33.9 Å². The molecule has 0 amide bonds. The van der Waals surface area contributed by atoms with E-state index in [2.05, 4.69) is 6.08 Å². The maximum absolute atomic E-state index is 12.2. The molecule has 0 saturated heterocycles. The Labute approximate surface area is 174 Å². The van der Waals surface area contributed by atoms with Gasteiger partial charge in [0, 0.05) is 0 Å². The second-order valence-electron chi connectivity index (χ2n) is 8.14. The van der Waals surface area contributed by atoms with E-state index in [1.807, 2.05) is 20.8 Å². The molecule has 0 aliphatic rings. The van der Waals surface area contributed by atoms with Crippen LogP contribution in [0.5, 0.6) is 0 Å². The summed E-state index contributed by atoms with van der Waals surface area (Å²) in [6.07, 6.45) is 5.55. The van der Waals surface area contributed by atoms with Crippen molar-refractivity contribution in [2.75, 3.05) is 26.3 Å². The topological polar surface area (TPSA) is 116 Å². The number of hydrogen-bond donors (Lipinski definition) is 1. The van der Waals surface area contributed by atoms with Crippen LogP contribution >= 0.6 is 0 Å². The van der Waals surface area contributed by atoms with Crippen molar-refractivity contribution in [1.29, 1.82) is 0 Å². The first-order valence-electron chi connectivity index (χ1n) is 9.71. The molecule has 0 aromatic carbocycles. The molecule has 1 N–H and O–H groups in total. The van der Waals surface area contributed by atoms with E-state index in [9.17, 15) is 18.0 Å². The lowest BCUT2D eigenvalue weighted by atomic mass is 9.82. The van der Waals surface area contributed by atoms with E-state index in [1.165, 1.54) is 7.11 Å². The highest BCUT2D eigenvalue weighted by Gasteiger charge is 2.31. The number of ether oxygens (including phenoxy) is 3. The van der Waals surface area contributed by atoms with E-state index < -0.39 is 26.9 Å². The van der Waals surface area contributed by atoms with Gasteiger partial charge in [0.2, 0.25) is 0 Å². The van der Waals surface area contributed by atoms with Gasteiger partial charge in [0.1, 0.15) is 6.61 Å². The molecule has 0 rings (SSSR count). The molecule has 9 heteroatoms. The highest BCUT2D eigenvalue weighted by Crippen LogP contribution is 2.30. The molecule has 0 bridgehead atoms. The molecule has 0 fully saturated rings. The van der Waals surface area contributed by atoms with E-state index in [0.717, 1.165) is 18.4 Å². The van der Waals surface area contributed by atoms with E-state index in [1.54, 1.807) is 13.8 Å². The fourth-order valence-electron chi connectivity index (χ4n) is 2.58. The zero-order valence-electron chi connectivity index (χ0n) is 18.4. The van der Waals surface area contributed by atoms with Crippen molar-refractivity contribution in [3.8, 4) is 0 Å². The minimum Gasteiger partial charge on any atom is -0.469 e. The molecule has 0 radical (unpaired) electrons. The van der Waals surface area contributed by atoms with Crippen LogP contribution in [0.3, 0.4) is 0 Å². The number of rotatable bonds is 14. The van der Waals surface area contributed by atoms with E-state index in [4.69, 9.17) is 18.8 Å². The van der Waals surface area contributed by atoms with Crippen molar-refractivity contribution in [2.24, 2.45) is 10.8 Å². The maximum Gasteiger partial charge on any atom is 0.311 e. The third-order valence-electron chi connectivity index (χ3n) is 4.98. The Morgan fingerprint density at radius 3 is 2.24 bits per heavy atom. The van der Waals surface area contributed by atoms with Crippen molar-refractivity contribution in [3.05, 3.63) is 11.6 Å². The van der Waals surface area contributed by atoms with Gasteiger partial charge in [-0.1, -0.05) is 18.6 Å². The molecule has 0 aliphatic carbocycles. The van der Waals surface area contributed by atoms with Crippen LogP contribution in [0.1, 0.15) is 66.7 Å². The van der Waals surface area contributed by atoms with Gasteiger partial charge in [0.15, 0.2) is 5.94 Å². The van der Waals surface area contributed by atoms with Gasteiger partial charge in [-0.2, -0.15) is 8.42 Å². The van der Waals surface area contributed by atoms with Gasteiger partial charge in [-0.3, -0.25) is 14.1 Å². The normalized spacial score (nSPS) is 14.9. The molecular formula is C20H36O8S. The van der Waals surface area contributed by atoms with Gasteiger partial charge in [-0.05, 0) is 59.8 Å². The van der Waals surface area contributed by atoms with Crippen molar-refractivity contribution in [2.45, 2.75) is 66.7 Å². The van der Waals surface area contributed by atoms with Crippen LogP contribution < -0.4 is 0 Å². The Bertz CT molecular complexity index is 666. The van der Waals surface area contributed by atoms with E-state index >= 15 is 0 Å². The molecule has 0 aliphatic heterocycles. The van der Waals surface area contributed by atoms with E-state index in [0.29, 0.717) is 19.3 Å². The second kappa shape index (κ2) is 12.3. The zero-order chi connectivity index (χ0) is 22.7. The van der Waals surface area contributed by atoms with Crippen LogP contribution in [-0.4, -0.2) is 51.2 Å². The van der Waals surface area contributed by atoms with Gasteiger partial charge in [0.05, 0.1) is 24.5 Å². The lowest BCUT2D eigenvalue weighted by molar-refractivity contribution is -0.155. The van der Waals surface area contributed by atoms with Crippen LogP contribution in [0.2, 0.25) is 0 Å². The van der Waals surface area contributed by atoms with Crippen LogP contribution in [0.15, 0.2) is 11.6 Å². The second-order valence-corrected chi connectivity index (χ2v) is 9.54. The smallest absolute Gasteiger partial charge is 0.311 e. The van der Waals surface area contributed by atoms with Crippen molar-refractivity contribution in [1.82, 2.24) is 0 Å². The lowest BCUT2D eigenvalue weighted by Crippen LogP contribution is -2.28. The predicted octanol–water partition coefficient (Wildman–Crippen LogP) is 3.51. The number of methoxy groups -OCH3 is 1. The molecule has 1 unspecified atom stereocenters. The summed E-state index contributed by atoms with van der Waals surface area (Å²) in [7, 11) is -2.79. The summed E-state index contributed by atoms with van der Waals surface area (Å²) in [5.41, 5.74) is -0.0690. The molecule has 0 aromatic rings. The van der Waals surface area contributed by atoms with Crippen LogP contribution in [0, 0.1) is 10.8 Å². The number of hydrogen-bond acceptors (Lipinski definition) is 7. The number of carbonyl (C=O) groups is 2. The average molecular weight is 437 g/mol. The SMILES string of the molecule is CCC(C)(CC=C(C)CCCC(C)(C)C(=O)OCCOCS(=O)(=O)O)C(=O)OC. The largest absolute Gasteiger partial charge is 0.469 e. The Balaban J connectivity index is 4.37. The third kappa shape index (κ3) is 11.3. The molecule has 0 aromatic heterocycles. The first-order chi connectivity index (χ1) is 13.3. The Morgan fingerprint density at radius 1 is 1.10 bits per heavy atom. The number of allylic oxidation sites excluding steroid dienone is 2. The maximum atomic E-state index is 12.2. The average Bonchev–Trinajstić information content (AvgIpc) is 2.63. The minimum absolute atomic E-state index is 0.0835. The van der Waals surface area contributed by atoms with Gasteiger partial charge in [-0.25, -0.2) is 0 Å². The number of esters is 2. The first kappa shape index (κ1) is 27.5. The molecule has 1 atom stereocenters. The predicted molar refractivity (Wildman–Crippen MR) is 110 cm³/mol. The Hall–Kier alpha value is -1.45. The quantitative estimate of drug-likeness (QED) is 0.190. The fraction of sp³-hybridized carbons (Fsp3) is 0.800. The highest BCUT2D eigenvalue weighted by molar-refractivity contribution is 7.85. The summed E-state index contributed by atoms with van der Waals surface area (Å²) in [5.74, 6) is -1.43. The Kier molecular flexibility index (Phi) is 11.7. The Morgan fingerprint density at radius 2 is 1.72 bits per heavy atom. The van der Waals surface area contributed by atoms with Gasteiger partial charge in [0.25, 0.3) is 10.1 Å². The molecule has 0 heterocycles. The first-order valence-corrected chi connectivity index (χ1v) is 11.3. The third-order valence-corrected chi connectivity index (χ3v) is 5.44. The zero-order valence-corrected chi connectivity index (χ0v) is 19.3. The fourth-order valence-corrected chi connectivity index (χ4v) is 2.91. The summed E-state index contributed by atoms with van der Waals surface area (Å²) in [4.78, 5) is 24.1. The van der Waals surface area contributed by atoms with Gasteiger partial charge >= 0.3 is 11.9 Å². The van der Waals surface area contributed by atoms with Crippen LogP contribution in [0.25, 0.3) is 0 Å². The summed E-state index contributed by atoms with van der Waals surface area (Å²) >= 11 is 0.